The van der Waals surface area contributed by atoms with Crippen molar-refractivity contribution in [3.63, 3.8) is 0 Å². The van der Waals surface area contributed by atoms with E-state index in [-0.39, 0.29) is 17.8 Å². The van der Waals surface area contributed by atoms with Gasteiger partial charge in [0.1, 0.15) is 5.75 Å². The van der Waals surface area contributed by atoms with Crippen LogP contribution in [0.15, 0.2) is 42.6 Å². The van der Waals surface area contributed by atoms with E-state index >= 15 is 0 Å². The molecule has 144 valence electrons. The first kappa shape index (κ1) is 19.2. The largest absolute Gasteiger partial charge is 0.439 e. The Bertz CT molecular complexity index is 776. The molecule has 27 heavy (non-hydrogen) atoms. The second-order valence-electron chi connectivity index (χ2n) is 6.36. The lowest BCUT2D eigenvalue weighted by Crippen LogP contribution is -2.40. The van der Waals surface area contributed by atoms with Crippen molar-refractivity contribution >= 4 is 5.91 Å². The van der Waals surface area contributed by atoms with Gasteiger partial charge < -0.3 is 15.0 Å². The third kappa shape index (κ3) is 4.57. The average Bonchev–Trinajstić information content (AvgIpc) is 3.10. The Labute approximate surface area is 155 Å². The summed E-state index contributed by atoms with van der Waals surface area (Å²) < 4.78 is 43.1. The number of carbonyl (C=O) groups is 1. The third-order valence-corrected chi connectivity index (χ3v) is 4.47. The first-order valence-electron chi connectivity index (χ1n) is 8.65. The van der Waals surface area contributed by atoms with Crippen LogP contribution in [0.1, 0.15) is 28.8 Å². The Morgan fingerprint density at radius 2 is 2.00 bits per heavy atom. The van der Waals surface area contributed by atoms with Crippen molar-refractivity contribution in [2.24, 2.45) is 0 Å². The molecule has 0 spiro atoms. The van der Waals surface area contributed by atoms with Crippen molar-refractivity contribution in [2.45, 2.75) is 25.1 Å². The number of likely N-dealkylation sites (tertiary alicyclic amines) is 1. The molecule has 1 atom stereocenters. The molecule has 1 aromatic carbocycles. The summed E-state index contributed by atoms with van der Waals surface area (Å²) in [6, 6.07) is 8.78. The summed E-state index contributed by atoms with van der Waals surface area (Å²) in [5.41, 5.74) is -0.289. The Balaban J connectivity index is 1.66. The molecule has 5 nitrogen and oxygen atoms in total. The van der Waals surface area contributed by atoms with Crippen LogP contribution in [0.2, 0.25) is 0 Å². The first-order chi connectivity index (χ1) is 12.9. The fourth-order valence-corrected chi connectivity index (χ4v) is 3.11. The zero-order valence-corrected chi connectivity index (χ0v) is 14.8. The van der Waals surface area contributed by atoms with Crippen LogP contribution < -0.4 is 10.1 Å². The molecule has 1 aliphatic heterocycles. The lowest BCUT2D eigenvalue weighted by Gasteiger charge is -2.24. The second-order valence-corrected chi connectivity index (χ2v) is 6.36. The molecule has 1 unspecified atom stereocenters. The predicted molar refractivity (Wildman–Crippen MR) is 93.7 cm³/mol. The fourth-order valence-electron chi connectivity index (χ4n) is 3.11. The second kappa shape index (κ2) is 7.96. The molecule has 0 aliphatic carbocycles. The maximum Gasteiger partial charge on any atom is 0.417 e. The number of carbonyl (C=O) groups excluding carboxylic acids is 1. The zero-order chi connectivity index (χ0) is 19.4. The van der Waals surface area contributed by atoms with E-state index in [0.29, 0.717) is 11.3 Å². The van der Waals surface area contributed by atoms with Crippen LogP contribution in [0.4, 0.5) is 13.2 Å². The summed E-state index contributed by atoms with van der Waals surface area (Å²) >= 11 is 0. The molecule has 2 aromatic rings. The number of benzene rings is 1. The van der Waals surface area contributed by atoms with Gasteiger partial charge in [-0.15, -0.1) is 0 Å². The third-order valence-electron chi connectivity index (χ3n) is 4.47. The van der Waals surface area contributed by atoms with E-state index in [1.165, 1.54) is 0 Å². The highest BCUT2D eigenvalue weighted by Crippen LogP contribution is 2.30. The molecule has 8 heteroatoms. The molecule has 3 rings (SSSR count). The zero-order valence-electron chi connectivity index (χ0n) is 14.8. The van der Waals surface area contributed by atoms with E-state index < -0.39 is 11.7 Å². The number of nitrogens with one attached hydrogen (secondary N) is 1. The van der Waals surface area contributed by atoms with Gasteiger partial charge in [-0.05, 0) is 50.2 Å². The van der Waals surface area contributed by atoms with Gasteiger partial charge >= 0.3 is 6.18 Å². The van der Waals surface area contributed by atoms with Crippen LogP contribution in [0.25, 0.3) is 0 Å². The normalized spacial score (nSPS) is 17.2. The SMILES string of the molecule is CNCC1CCCN1C(=O)c1ccc(Oc2ccc(C(F)(F)F)cn2)cc1. The summed E-state index contributed by atoms with van der Waals surface area (Å²) in [5.74, 6) is 0.412. The van der Waals surface area contributed by atoms with Crippen LogP contribution in [0, 0.1) is 0 Å². The van der Waals surface area contributed by atoms with Crippen LogP contribution in [0.3, 0.4) is 0 Å². The van der Waals surface area contributed by atoms with E-state index in [0.717, 1.165) is 44.3 Å². The first-order valence-corrected chi connectivity index (χ1v) is 8.65. The van der Waals surface area contributed by atoms with Crippen molar-refractivity contribution < 1.29 is 22.7 Å². The molecule has 1 aromatic heterocycles. The van der Waals surface area contributed by atoms with Gasteiger partial charge in [0.05, 0.1) is 5.56 Å². The highest BCUT2D eigenvalue weighted by Gasteiger charge is 2.31. The molecule has 1 fully saturated rings. The van der Waals surface area contributed by atoms with Crippen LogP contribution in [-0.2, 0) is 6.18 Å². The van der Waals surface area contributed by atoms with E-state index in [2.05, 4.69) is 10.3 Å². The van der Waals surface area contributed by atoms with Crippen molar-refractivity contribution in [1.82, 2.24) is 15.2 Å². The lowest BCUT2D eigenvalue weighted by molar-refractivity contribution is -0.137. The average molecular weight is 379 g/mol. The lowest BCUT2D eigenvalue weighted by atomic mass is 10.1. The van der Waals surface area contributed by atoms with Gasteiger partial charge in [0.15, 0.2) is 0 Å². The quantitative estimate of drug-likeness (QED) is 0.860. The summed E-state index contributed by atoms with van der Waals surface area (Å²) in [4.78, 5) is 18.2. The van der Waals surface area contributed by atoms with Gasteiger partial charge in [0.25, 0.3) is 5.91 Å². The number of aromatic nitrogens is 1. The van der Waals surface area contributed by atoms with Gasteiger partial charge in [-0.2, -0.15) is 13.2 Å². The Kier molecular flexibility index (Phi) is 5.65. The monoisotopic (exact) mass is 379 g/mol. The summed E-state index contributed by atoms with van der Waals surface area (Å²) in [5, 5.41) is 3.10. The Morgan fingerprint density at radius 3 is 2.59 bits per heavy atom. The maximum absolute atomic E-state index is 12.7. The molecule has 1 aliphatic rings. The topological polar surface area (TPSA) is 54.5 Å². The van der Waals surface area contributed by atoms with E-state index in [4.69, 9.17) is 4.74 Å². The molecular formula is C19H20F3N3O2. The number of rotatable bonds is 5. The maximum atomic E-state index is 12.7. The fraction of sp³-hybridized carbons (Fsp3) is 0.368. The molecule has 0 bridgehead atoms. The van der Waals surface area contributed by atoms with Crippen LogP contribution in [0.5, 0.6) is 11.6 Å². The number of amides is 1. The molecule has 1 amide bonds. The number of likely N-dealkylation sites (N-methyl/N-ethyl adjacent to an activating group) is 1. The Morgan fingerprint density at radius 1 is 1.26 bits per heavy atom. The number of nitrogens with zero attached hydrogens (tertiary/aromatic N) is 2. The van der Waals surface area contributed by atoms with Crippen LogP contribution in [-0.4, -0.2) is 42.0 Å². The van der Waals surface area contributed by atoms with Gasteiger partial charge in [-0.3, -0.25) is 4.79 Å². The van der Waals surface area contributed by atoms with Gasteiger partial charge in [0, 0.05) is 37.0 Å². The van der Waals surface area contributed by atoms with Crippen LogP contribution >= 0.6 is 0 Å². The highest BCUT2D eigenvalue weighted by molar-refractivity contribution is 5.94. The smallest absolute Gasteiger partial charge is 0.417 e. The molecule has 0 radical (unpaired) electrons. The van der Waals surface area contributed by atoms with Crippen molar-refractivity contribution in [3.05, 3.63) is 53.7 Å². The summed E-state index contributed by atoms with van der Waals surface area (Å²) in [7, 11) is 1.86. The van der Waals surface area contributed by atoms with Gasteiger partial charge in [-0.1, -0.05) is 0 Å². The van der Waals surface area contributed by atoms with E-state index in [1.54, 1.807) is 24.3 Å². The number of ether oxygens (including phenoxy) is 1. The minimum atomic E-state index is -4.44. The van der Waals surface area contributed by atoms with E-state index in [9.17, 15) is 18.0 Å². The van der Waals surface area contributed by atoms with Gasteiger partial charge in [0.2, 0.25) is 5.88 Å². The molecule has 2 heterocycles. The summed E-state index contributed by atoms with van der Waals surface area (Å²) in [6.07, 6.45) is -1.75. The standard InChI is InChI=1S/C19H20F3N3O2/c1-23-12-15-3-2-10-25(15)18(26)13-4-7-16(8-5-13)27-17-9-6-14(11-24-17)19(20,21)22/h4-9,11,15,23H,2-3,10,12H2,1H3. The highest BCUT2D eigenvalue weighted by atomic mass is 19.4. The molecule has 1 saturated heterocycles. The van der Waals surface area contributed by atoms with Crippen molar-refractivity contribution in [3.8, 4) is 11.6 Å². The Hall–Kier alpha value is -2.61. The number of hydrogen-bond donors (Lipinski definition) is 1. The molecular weight excluding hydrogens is 359 g/mol. The number of pyridine rings is 1. The van der Waals surface area contributed by atoms with Gasteiger partial charge in [-0.25, -0.2) is 4.98 Å². The predicted octanol–water partition coefficient (Wildman–Crippen LogP) is 3.72. The van der Waals surface area contributed by atoms with Crippen molar-refractivity contribution in [1.29, 1.82) is 0 Å². The number of halogens is 3. The molecule has 0 saturated carbocycles. The summed E-state index contributed by atoms with van der Waals surface area (Å²) in [6.45, 7) is 1.49. The number of alkyl halides is 3. The molecule has 1 N–H and O–H groups in total. The van der Waals surface area contributed by atoms with Crippen molar-refractivity contribution in [2.75, 3.05) is 20.1 Å². The number of hydrogen-bond acceptors (Lipinski definition) is 4. The minimum Gasteiger partial charge on any atom is -0.439 e. The van der Waals surface area contributed by atoms with E-state index in [1.807, 2.05) is 11.9 Å². The minimum absolute atomic E-state index is 0.0352.